The van der Waals surface area contributed by atoms with Crippen molar-refractivity contribution in [2.45, 2.75) is 51.9 Å². The number of Topliss-reactive ketones (excluding diaryl/α,β-unsaturated/α-hetero) is 1. The highest BCUT2D eigenvalue weighted by Gasteiger charge is 2.20. The molecule has 1 N–H and O–H groups in total. The summed E-state index contributed by atoms with van der Waals surface area (Å²) in [6.07, 6.45) is 5.36. The Hall–Kier alpha value is -2.29. The predicted octanol–water partition coefficient (Wildman–Crippen LogP) is 4.66. The lowest BCUT2D eigenvalue weighted by atomic mass is 9.89. The highest BCUT2D eigenvalue weighted by molar-refractivity contribution is 6.00. The van der Waals surface area contributed by atoms with E-state index in [0.29, 0.717) is 18.4 Å². The molecule has 132 valence electrons. The molecular formula is C22H26O3. The molecule has 4 aliphatic rings. The van der Waals surface area contributed by atoms with Gasteiger partial charge in [-0.05, 0) is 60.4 Å². The molecule has 0 radical (unpaired) electrons. The monoisotopic (exact) mass is 338 g/mol. The number of aryl methyl sites for hydroxylation is 4. The van der Waals surface area contributed by atoms with Gasteiger partial charge in [0.1, 0.15) is 11.5 Å². The molecule has 0 aromatic heterocycles. The topological polar surface area (TPSA) is 46.5 Å². The zero-order chi connectivity index (χ0) is 17.8. The number of hydrogen-bond acceptors (Lipinski definition) is 3. The predicted molar refractivity (Wildman–Crippen MR) is 99.8 cm³/mol. The van der Waals surface area contributed by atoms with E-state index in [4.69, 9.17) is 4.74 Å². The highest BCUT2D eigenvalue weighted by Crippen LogP contribution is 2.32. The number of carbonyl (C=O) groups excluding carboxylic acids is 1. The van der Waals surface area contributed by atoms with Crippen molar-refractivity contribution >= 4 is 5.78 Å². The smallest absolute Gasteiger partial charge is 0.166 e. The van der Waals surface area contributed by atoms with Gasteiger partial charge in [-0.15, -0.1) is 0 Å². The van der Waals surface area contributed by atoms with Crippen molar-refractivity contribution in [3.05, 3.63) is 58.1 Å². The van der Waals surface area contributed by atoms with Crippen molar-refractivity contribution < 1.29 is 14.6 Å². The van der Waals surface area contributed by atoms with Gasteiger partial charge in [-0.25, -0.2) is 0 Å². The quantitative estimate of drug-likeness (QED) is 0.807. The minimum absolute atomic E-state index is 0.0640. The van der Waals surface area contributed by atoms with E-state index < -0.39 is 0 Å². The number of phenols is 1. The van der Waals surface area contributed by atoms with E-state index in [1.54, 1.807) is 7.11 Å². The maximum atomic E-state index is 12.7. The molecule has 2 aromatic carbocycles. The van der Waals surface area contributed by atoms with Gasteiger partial charge in [-0.3, -0.25) is 4.79 Å². The fraction of sp³-hybridized carbons (Fsp3) is 0.409. The average Bonchev–Trinajstić information content (AvgIpc) is 2.62. The summed E-state index contributed by atoms with van der Waals surface area (Å²) in [6, 6.07) is 10.4. The Labute approximate surface area is 149 Å². The van der Waals surface area contributed by atoms with Crippen molar-refractivity contribution in [3.63, 3.8) is 0 Å². The van der Waals surface area contributed by atoms with Crippen molar-refractivity contribution in [1.82, 2.24) is 0 Å². The summed E-state index contributed by atoms with van der Waals surface area (Å²) >= 11 is 0. The van der Waals surface area contributed by atoms with Crippen LogP contribution in [0, 0.1) is 0 Å². The van der Waals surface area contributed by atoms with Gasteiger partial charge in [0.2, 0.25) is 0 Å². The molecule has 0 saturated heterocycles. The number of rotatable bonds is 5. The lowest BCUT2D eigenvalue weighted by Crippen LogP contribution is -2.09. The molecule has 0 fully saturated rings. The third-order valence-electron chi connectivity index (χ3n) is 5.08. The number of benzene rings is 2. The third kappa shape index (κ3) is 3.71. The molecule has 0 heterocycles. The molecule has 0 aliphatic heterocycles. The van der Waals surface area contributed by atoms with Gasteiger partial charge in [0, 0.05) is 6.42 Å². The van der Waals surface area contributed by atoms with Gasteiger partial charge < -0.3 is 9.84 Å². The van der Waals surface area contributed by atoms with Crippen molar-refractivity contribution in [2.75, 3.05) is 7.11 Å². The molecule has 0 saturated carbocycles. The summed E-state index contributed by atoms with van der Waals surface area (Å²) in [4.78, 5) is 12.7. The van der Waals surface area contributed by atoms with E-state index in [-0.39, 0.29) is 11.5 Å². The Morgan fingerprint density at radius 2 is 1.72 bits per heavy atom. The maximum absolute atomic E-state index is 12.7. The van der Waals surface area contributed by atoms with Crippen LogP contribution >= 0.6 is 0 Å². The van der Waals surface area contributed by atoms with Gasteiger partial charge in [0.25, 0.3) is 0 Å². The summed E-state index contributed by atoms with van der Waals surface area (Å²) in [6.45, 7) is 2.08. The number of aromatic hydroxyl groups is 1. The lowest BCUT2D eigenvalue weighted by molar-refractivity contribution is 0.0976. The second-order valence-electron chi connectivity index (χ2n) is 6.78. The highest BCUT2D eigenvalue weighted by atomic mass is 16.5. The first-order valence-corrected chi connectivity index (χ1v) is 9.16. The van der Waals surface area contributed by atoms with E-state index in [1.165, 1.54) is 5.56 Å². The molecule has 3 heteroatoms. The van der Waals surface area contributed by atoms with Crippen LogP contribution < -0.4 is 4.74 Å². The van der Waals surface area contributed by atoms with E-state index >= 15 is 0 Å². The molecule has 0 spiro atoms. The van der Waals surface area contributed by atoms with Crippen LogP contribution in [0.5, 0.6) is 11.5 Å². The van der Waals surface area contributed by atoms with E-state index in [9.17, 15) is 9.90 Å². The minimum Gasteiger partial charge on any atom is -0.507 e. The molecular weight excluding hydrogens is 312 g/mol. The summed E-state index contributed by atoms with van der Waals surface area (Å²) in [5.74, 6) is 1.17. The molecule has 0 unspecified atom stereocenters. The Balaban J connectivity index is 2.02. The zero-order valence-corrected chi connectivity index (χ0v) is 15.1. The number of carbonyl (C=O) groups is 1. The van der Waals surface area contributed by atoms with Gasteiger partial charge >= 0.3 is 0 Å². The van der Waals surface area contributed by atoms with Crippen LogP contribution in [0.25, 0.3) is 0 Å². The maximum Gasteiger partial charge on any atom is 0.166 e. The zero-order valence-electron chi connectivity index (χ0n) is 15.1. The van der Waals surface area contributed by atoms with Crippen LogP contribution in [0.15, 0.2) is 30.3 Å². The van der Waals surface area contributed by atoms with E-state index in [1.807, 2.05) is 12.1 Å². The van der Waals surface area contributed by atoms with Crippen LogP contribution in [-0.4, -0.2) is 18.0 Å². The Morgan fingerprint density at radius 1 is 1.04 bits per heavy atom. The SMILES string of the molecule is CCCCC(=O)c1c2ccc(c1O)CCc1ccc(c(OC)c1)CC2. The number of unbranched alkanes of at least 4 members (excludes halogenated alkanes) is 1. The second kappa shape index (κ2) is 7.73. The van der Waals surface area contributed by atoms with Crippen LogP contribution in [0.1, 0.15) is 58.8 Å². The average molecular weight is 338 g/mol. The Kier molecular flexibility index (Phi) is 5.42. The molecule has 3 nitrogen and oxygen atoms in total. The number of phenolic OH excluding ortho intramolecular Hbond substituents is 1. The molecule has 6 rings (SSSR count). The van der Waals surface area contributed by atoms with Crippen LogP contribution in [0.3, 0.4) is 0 Å². The van der Waals surface area contributed by atoms with Gasteiger partial charge in [0.05, 0.1) is 12.7 Å². The van der Waals surface area contributed by atoms with Gasteiger partial charge in [-0.2, -0.15) is 0 Å². The molecule has 4 bridgehead atoms. The third-order valence-corrected chi connectivity index (χ3v) is 5.08. The Bertz CT molecular complexity index is 777. The van der Waals surface area contributed by atoms with Gasteiger partial charge in [-0.1, -0.05) is 37.6 Å². The molecule has 25 heavy (non-hydrogen) atoms. The van der Waals surface area contributed by atoms with Crippen molar-refractivity contribution in [3.8, 4) is 11.5 Å². The van der Waals surface area contributed by atoms with E-state index in [0.717, 1.165) is 54.5 Å². The molecule has 4 aliphatic carbocycles. The normalized spacial score (nSPS) is 13.4. The van der Waals surface area contributed by atoms with Crippen LogP contribution in [0.2, 0.25) is 0 Å². The van der Waals surface area contributed by atoms with E-state index in [2.05, 4.69) is 25.1 Å². The first-order valence-electron chi connectivity index (χ1n) is 9.16. The summed E-state index contributed by atoms with van der Waals surface area (Å²) < 4.78 is 5.55. The largest absolute Gasteiger partial charge is 0.507 e. The summed E-state index contributed by atoms with van der Waals surface area (Å²) in [5.41, 5.74) is 4.66. The number of ether oxygens (including phenoxy) is 1. The van der Waals surface area contributed by atoms with Gasteiger partial charge in [0.15, 0.2) is 5.78 Å². The fourth-order valence-corrected chi connectivity index (χ4v) is 3.56. The number of hydrogen-bond donors (Lipinski definition) is 1. The number of ketones is 1. The molecule has 0 amide bonds. The standard InChI is InChI=1S/C22H26O3/c1-3-4-5-19(23)21-17-11-10-16-8-6-15(14-20(16)25-2)7-9-18(13-12-17)22(21)24/h6,8,12-14,24H,3-5,7,9-11H2,1-2H3. The minimum atomic E-state index is 0.0640. The van der Waals surface area contributed by atoms with Crippen molar-refractivity contribution in [1.29, 1.82) is 0 Å². The molecule has 2 aromatic rings. The first kappa shape index (κ1) is 17.5. The second-order valence-corrected chi connectivity index (χ2v) is 6.78. The fourth-order valence-electron chi connectivity index (χ4n) is 3.56. The van der Waals surface area contributed by atoms with Crippen molar-refractivity contribution in [2.24, 2.45) is 0 Å². The molecule has 0 atom stereocenters. The summed E-state index contributed by atoms with van der Waals surface area (Å²) in [7, 11) is 1.70. The number of methoxy groups -OCH3 is 1. The first-order chi connectivity index (χ1) is 12.1. The Morgan fingerprint density at radius 3 is 2.48 bits per heavy atom. The van der Waals surface area contributed by atoms with Crippen LogP contribution in [-0.2, 0) is 25.7 Å². The lowest BCUT2D eigenvalue weighted by Gasteiger charge is -2.17. The summed E-state index contributed by atoms with van der Waals surface area (Å²) in [5, 5.41) is 10.8. The van der Waals surface area contributed by atoms with Crippen LogP contribution in [0.4, 0.5) is 0 Å².